The number of nitrogens with one attached hydrogen (secondary N) is 1. The highest BCUT2D eigenvalue weighted by Crippen LogP contribution is 2.18. The van der Waals surface area contributed by atoms with Crippen LogP contribution in [0.3, 0.4) is 0 Å². The maximum Gasteiger partial charge on any atom is 0.0702 e. The predicted octanol–water partition coefficient (Wildman–Crippen LogP) is 1.88. The summed E-state index contributed by atoms with van der Waals surface area (Å²) in [6, 6.07) is 0.708. The van der Waals surface area contributed by atoms with E-state index in [9.17, 15) is 0 Å². The number of hydrogen-bond donors (Lipinski definition) is 1. The lowest BCUT2D eigenvalue weighted by Gasteiger charge is -2.37. The lowest BCUT2D eigenvalue weighted by Crippen LogP contribution is -2.49. The predicted molar refractivity (Wildman–Crippen MR) is 71.3 cm³/mol. The van der Waals surface area contributed by atoms with Crippen LogP contribution in [0.25, 0.3) is 0 Å². The molecular weight excluding hydrogens is 212 g/mol. The summed E-state index contributed by atoms with van der Waals surface area (Å²) >= 11 is 0. The van der Waals surface area contributed by atoms with Gasteiger partial charge in [0.2, 0.25) is 0 Å². The van der Waals surface area contributed by atoms with E-state index < -0.39 is 0 Å². The Kier molecular flexibility index (Phi) is 5.26. The summed E-state index contributed by atoms with van der Waals surface area (Å²) in [7, 11) is 0. The average Bonchev–Trinajstić information content (AvgIpc) is 2.30. The minimum absolute atomic E-state index is 0.481. The molecule has 100 valence electrons. The number of likely N-dealkylation sites (tertiary alicyclic amines) is 1. The van der Waals surface area contributed by atoms with Crippen molar-refractivity contribution in [2.45, 2.75) is 51.7 Å². The van der Waals surface area contributed by atoms with Crippen molar-refractivity contribution in [3.8, 4) is 0 Å². The highest BCUT2D eigenvalue weighted by atomic mass is 16.5. The van der Waals surface area contributed by atoms with Crippen LogP contribution in [0.5, 0.6) is 0 Å². The molecule has 2 saturated heterocycles. The molecule has 0 bridgehead atoms. The van der Waals surface area contributed by atoms with Gasteiger partial charge in [0.05, 0.1) is 6.10 Å². The van der Waals surface area contributed by atoms with Crippen LogP contribution in [-0.4, -0.2) is 49.8 Å². The first kappa shape index (κ1) is 13.3. The largest absolute Gasteiger partial charge is 0.377 e. The molecule has 2 rings (SSSR count). The van der Waals surface area contributed by atoms with Gasteiger partial charge in [-0.2, -0.15) is 0 Å². The van der Waals surface area contributed by atoms with E-state index in [-0.39, 0.29) is 0 Å². The van der Waals surface area contributed by atoms with Gasteiger partial charge in [-0.05, 0) is 51.6 Å². The standard InChI is InChI=1S/C14H28N2O/c1-3-17-14-5-4-8-16(11-14)10-13-9-12(2)6-7-15-13/h12-15H,3-11H2,1-2H3. The lowest BCUT2D eigenvalue weighted by atomic mass is 9.93. The molecule has 3 nitrogen and oxygen atoms in total. The topological polar surface area (TPSA) is 24.5 Å². The van der Waals surface area contributed by atoms with E-state index in [0.717, 1.165) is 19.1 Å². The molecule has 0 spiro atoms. The molecule has 2 heterocycles. The van der Waals surface area contributed by atoms with Crippen molar-refractivity contribution >= 4 is 0 Å². The molecular formula is C14H28N2O. The Balaban J connectivity index is 1.74. The maximum absolute atomic E-state index is 5.76. The van der Waals surface area contributed by atoms with E-state index in [2.05, 4.69) is 24.1 Å². The van der Waals surface area contributed by atoms with E-state index >= 15 is 0 Å². The molecule has 0 radical (unpaired) electrons. The summed E-state index contributed by atoms with van der Waals surface area (Å²) in [5, 5.41) is 3.66. The molecule has 0 aromatic rings. The van der Waals surface area contributed by atoms with Crippen LogP contribution in [0.2, 0.25) is 0 Å². The Hall–Kier alpha value is -0.120. The molecule has 0 aliphatic carbocycles. The fraction of sp³-hybridized carbons (Fsp3) is 1.00. The highest BCUT2D eigenvalue weighted by molar-refractivity contribution is 4.82. The Morgan fingerprint density at radius 2 is 2.24 bits per heavy atom. The third-order valence-electron chi connectivity index (χ3n) is 4.10. The summed E-state index contributed by atoms with van der Waals surface area (Å²) in [6.45, 7) is 10.2. The van der Waals surface area contributed by atoms with Gasteiger partial charge < -0.3 is 10.1 Å². The summed E-state index contributed by atoms with van der Waals surface area (Å²) in [4.78, 5) is 2.60. The van der Waals surface area contributed by atoms with Gasteiger partial charge in [0.15, 0.2) is 0 Å². The molecule has 0 amide bonds. The first-order valence-corrected chi connectivity index (χ1v) is 7.35. The van der Waals surface area contributed by atoms with Crippen molar-refractivity contribution in [1.29, 1.82) is 0 Å². The number of ether oxygens (including phenoxy) is 1. The second-order valence-electron chi connectivity index (χ2n) is 5.76. The first-order chi connectivity index (χ1) is 8.28. The van der Waals surface area contributed by atoms with Gasteiger partial charge in [-0.15, -0.1) is 0 Å². The van der Waals surface area contributed by atoms with E-state index in [1.54, 1.807) is 0 Å². The van der Waals surface area contributed by atoms with E-state index in [0.29, 0.717) is 12.1 Å². The Morgan fingerprint density at radius 3 is 3.00 bits per heavy atom. The molecule has 3 heteroatoms. The van der Waals surface area contributed by atoms with Gasteiger partial charge in [0.1, 0.15) is 0 Å². The Labute approximate surface area is 106 Å². The fourth-order valence-electron chi connectivity index (χ4n) is 3.22. The van der Waals surface area contributed by atoms with Crippen LogP contribution in [0.1, 0.15) is 39.5 Å². The normalized spacial score (nSPS) is 36.0. The number of nitrogens with zero attached hydrogens (tertiary/aromatic N) is 1. The highest BCUT2D eigenvalue weighted by Gasteiger charge is 2.24. The molecule has 2 fully saturated rings. The van der Waals surface area contributed by atoms with Crippen LogP contribution in [0.15, 0.2) is 0 Å². The fourth-order valence-corrected chi connectivity index (χ4v) is 3.22. The average molecular weight is 240 g/mol. The van der Waals surface area contributed by atoms with Gasteiger partial charge >= 0.3 is 0 Å². The summed E-state index contributed by atoms with van der Waals surface area (Å²) < 4.78 is 5.76. The lowest BCUT2D eigenvalue weighted by molar-refractivity contribution is 0.00224. The van der Waals surface area contributed by atoms with Gasteiger partial charge in [-0.25, -0.2) is 0 Å². The summed E-state index contributed by atoms with van der Waals surface area (Å²) in [5.41, 5.74) is 0. The van der Waals surface area contributed by atoms with Crippen molar-refractivity contribution in [2.75, 3.05) is 32.8 Å². The van der Waals surface area contributed by atoms with Crippen molar-refractivity contribution in [3.63, 3.8) is 0 Å². The van der Waals surface area contributed by atoms with Gasteiger partial charge in [0, 0.05) is 25.7 Å². The van der Waals surface area contributed by atoms with Gasteiger partial charge in [-0.3, -0.25) is 4.90 Å². The number of hydrogen-bond acceptors (Lipinski definition) is 3. The van der Waals surface area contributed by atoms with Crippen molar-refractivity contribution in [1.82, 2.24) is 10.2 Å². The Bertz CT molecular complexity index is 220. The smallest absolute Gasteiger partial charge is 0.0702 e. The van der Waals surface area contributed by atoms with Crippen molar-refractivity contribution in [3.05, 3.63) is 0 Å². The quantitative estimate of drug-likeness (QED) is 0.812. The van der Waals surface area contributed by atoms with Crippen LogP contribution < -0.4 is 5.32 Å². The molecule has 0 aromatic heterocycles. The zero-order valence-corrected chi connectivity index (χ0v) is 11.5. The first-order valence-electron chi connectivity index (χ1n) is 7.35. The minimum Gasteiger partial charge on any atom is -0.377 e. The molecule has 1 N–H and O–H groups in total. The monoisotopic (exact) mass is 240 g/mol. The van der Waals surface area contributed by atoms with E-state index in [4.69, 9.17) is 4.74 Å². The molecule has 0 aromatic carbocycles. The second-order valence-corrected chi connectivity index (χ2v) is 5.76. The molecule has 17 heavy (non-hydrogen) atoms. The van der Waals surface area contributed by atoms with E-state index in [1.807, 2.05) is 0 Å². The van der Waals surface area contributed by atoms with Gasteiger partial charge in [-0.1, -0.05) is 6.92 Å². The minimum atomic E-state index is 0.481. The molecule has 3 atom stereocenters. The Morgan fingerprint density at radius 1 is 1.35 bits per heavy atom. The van der Waals surface area contributed by atoms with Crippen molar-refractivity contribution in [2.24, 2.45) is 5.92 Å². The zero-order chi connectivity index (χ0) is 12.1. The van der Waals surface area contributed by atoms with Crippen LogP contribution in [-0.2, 0) is 4.74 Å². The molecule has 2 aliphatic rings. The van der Waals surface area contributed by atoms with Crippen LogP contribution >= 0.6 is 0 Å². The third-order valence-corrected chi connectivity index (χ3v) is 4.10. The molecule has 3 unspecified atom stereocenters. The molecule has 0 saturated carbocycles. The van der Waals surface area contributed by atoms with Gasteiger partial charge in [0.25, 0.3) is 0 Å². The summed E-state index contributed by atoms with van der Waals surface area (Å²) in [6.07, 6.45) is 5.72. The summed E-state index contributed by atoms with van der Waals surface area (Å²) in [5.74, 6) is 0.897. The molecule has 2 aliphatic heterocycles. The number of rotatable bonds is 4. The zero-order valence-electron chi connectivity index (χ0n) is 11.5. The third kappa shape index (κ3) is 4.23. The van der Waals surface area contributed by atoms with E-state index in [1.165, 1.54) is 45.3 Å². The SMILES string of the molecule is CCOC1CCCN(CC2CC(C)CCN2)C1. The maximum atomic E-state index is 5.76. The van der Waals surface area contributed by atoms with Crippen molar-refractivity contribution < 1.29 is 4.74 Å². The van der Waals surface area contributed by atoms with Crippen LogP contribution in [0.4, 0.5) is 0 Å². The second kappa shape index (κ2) is 6.72. The van der Waals surface area contributed by atoms with Crippen LogP contribution in [0, 0.1) is 5.92 Å². The number of piperidine rings is 2.